The maximum Gasteiger partial charge on any atom is -0.0299 e. The zero-order valence-corrected chi connectivity index (χ0v) is 11.0. The first-order valence-electron chi connectivity index (χ1n) is 5.50. The van der Waals surface area contributed by atoms with Crippen LogP contribution in [0.25, 0.3) is 0 Å². The fourth-order valence-electron chi connectivity index (χ4n) is 0.599. The lowest BCUT2D eigenvalue weighted by Crippen LogP contribution is -1.76. The first kappa shape index (κ1) is 19.3. The minimum absolute atomic E-state index is 0.991. The summed E-state index contributed by atoms with van der Waals surface area (Å²) < 4.78 is 0. The molecule has 0 N–H and O–H groups in total. The minimum Gasteiger partial charge on any atom is -0.0991 e. The summed E-state index contributed by atoms with van der Waals surface area (Å²) in [6.07, 6.45) is 9.19. The van der Waals surface area contributed by atoms with E-state index >= 15 is 0 Å². The Morgan fingerprint density at radius 1 is 0.933 bits per heavy atom. The molecule has 0 heteroatoms. The topological polar surface area (TPSA) is 0 Å². The molecule has 0 radical (unpaired) electrons. The van der Waals surface area contributed by atoms with Crippen LogP contribution >= 0.6 is 0 Å². The van der Waals surface area contributed by atoms with Gasteiger partial charge in [0.25, 0.3) is 0 Å². The molecule has 0 saturated heterocycles. The Morgan fingerprint density at radius 3 is 1.73 bits per heavy atom. The van der Waals surface area contributed by atoms with Crippen LogP contribution in [0.4, 0.5) is 0 Å². The molecule has 0 bridgehead atoms. The highest BCUT2D eigenvalue weighted by molar-refractivity contribution is 5.38. The Hall–Kier alpha value is -1.30. The van der Waals surface area contributed by atoms with Crippen LogP contribution in [0, 0.1) is 0 Å². The average Bonchev–Trinajstić information content (AvgIpc) is 2.31. The first-order valence-corrected chi connectivity index (χ1v) is 5.50. The van der Waals surface area contributed by atoms with Gasteiger partial charge in [0, 0.05) is 0 Å². The van der Waals surface area contributed by atoms with Crippen LogP contribution in [-0.2, 0) is 0 Å². The summed E-state index contributed by atoms with van der Waals surface area (Å²) >= 11 is 0. The molecule has 0 saturated carbocycles. The van der Waals surface area contributed by atoms with Crippen LogP contribution in [0.3, 0.4) is 0 Å². The SMILES string of the molecule is C=C/C=C\C(=C)/C(C)=C\C=C.CC.CC. The molecule has 0 aliphatic heterocycles. The van der Waals surface area contributed by atoms with Gasteiger partial charge in [0.1, 0.15) is 0 Å². The maximum atomic E-state index is 3.86. The predicted octanol–water partition coefficient (Wildman–Crippen LogP) is 5.47. The van der Waals surface area contributed by atoms with Gasteiger partial charge in [-0.25, -0.2) is 0 Å². The Balaban J connectivity index is -0.000000318. The molecule has 0 heterocycles. The van der Waals surface area contributed by atoms with Gasteiger partial charge in [0.2, 0.25) is 0 Å². The molecular weight excluding hydrogens is 180 g/mol. The Morgan fingerprint density at radius 2 is 1.40 bits per heavy atom. The van der Waals surface area contributed by atoms with Gasteiger partial charge in [0.15, 0.2) is 0 Å². The Kier molecular flexibility index (Phi) is 23.8. The molecule has 0 rings (SSSR count). The van der Waals surface area contributed by atoms with E-state index in [0.717, 1.165) is 11.1 Å². The lowest BCUT2D eigenvalue weighted by atomic mass is 10.1. The van der Waals surface area contributed by atoms with E-state index in [9.17, 15) is 0 Å². The molecule has 0 unspecified atom stereocenters. The van der Waals surface area contributed by atoms with Crippen LogP contribution in [0.1, 0.15) is 34.6 Å². The van der Waals surface area contributed by atoms with E-state index in [1.165, 1.54) is 0 Å². The fourth-order valence-corrected chi connectivity index (χ4v) is 0.599. The van der Waals surface area contributed by atoms with Crippen molar-refractivity contribution in [3.8, 4) is 0 Å². The molecule has 86 valence electrons. The summed E-state index contributed by atoms with van der Waals surface area (Å²) in [5, 5.41) is 0. The van der Waals surface area contributed by atoms with Gasteiger partial charge in [-0.1, -0.05) is 77.8 Å². The standard InChI is InChI=1S/C11H14.2C2H6/c1-5-7-9-11(4)10(3)8-6-2;2*1-2/h5-9H,1-2,4H2,3H3;2*1-2H3/b9-7-,10-8-;;. The molecule has 0 aromatic carbocycles. The molecule has 0 aromatic rings. The largest absolute Gasteiger partial charge is 0.0991 e. The Bertz CT molecular complexity index is 214. The molecule has 0 amide bonds. The van der Waals surface area contributed by atoms with Crippen molar-refractivity contribution in [2.24, 2.45) is 0 Å². The molecule has 0 aliphatic carbocycles. The zero-order chi connectivity index (χ0) is 12.7. The number of hydrogen-bond acceptors (Lipinski definition) is 0. The van der Waals surface area contributed by atoms with E-state index in [2.05, 4.69) is 19.7 Å². The monoisotopic (exact) mass is 206 g/mol. The van der Waals surface area contributed by atoms with E-state index in [-0.39, 0.29) is 0 Å². The van der Waals surface area contributed by atoms with E-state index in [1.54, 1.807) is 12.2 Å². The summed E-state index contributed by atoms with van der Waals surface area (Å²) in [6, 6.07) is 0. The lowest BCUT2D eigenvalue weighted by Gasteiger charge is -1.96. The summed E-state index contributed by atoms with van der Waals surface area (Å²) in [5.74, 6) is 0. The summed E-state index contributed by atoms with van der Waals surface area (Å²) in [4.78, 5) is 0. The highest BCUT2D eigenvalue weighted by Crippen LogP contribution is 2.07. The fraction of sp³-hybridized carbons (Fsp3) is 0.333. The summed E-state index contributed by atoms with van der Waals surface area (Å²) in [5.41, 5.74) is 2.11. The second kappa shape index (κ2) is 18.5. The highest BCUT2D eigenvalue weighted by atomic mass is 13.9. The third kappa shape index (κ3) is 15.5. The van der Waals surface area contributed by atoms with Crippen molar-refractivity contribution in [2.45, 2.75) is 34.6 Å². The van der Waals surface area contributed by atoms with Gasteiger partial charge in [-0.3, -0.25) is 0 Å². The second-order valence-electron chi connectivity index (χ2n) is 2.21. The molecule has 0 atom stereocenters. The highest BCUT2D eigenvalue weighted by Gasteiger charge is 1.87. The van der Waals surface area contributed by atoms with Crippen molar-refractivity contribution in [2.75, 3.05) is 0 Å². The van der Waals surface area contributed by atoms with Crippen molar-refractivity contribution >= 4 is 0 Å². The predicted molar refractivity (Wildman–Crippen MR) is 75.1 cm³/mol. The third-order valence-electron chi connectivity index (χ3n) is 1.31. The van der Waals surface area contributed by atoms with Crippen molar-refractivity contribution in [1.29, 1.82) is 0 Å². The second-order valence-corrected chi connectivity index (χ2v) is 2.21. The number of hydrogen-bond donors (Lipinski definition) is 0. The van der Waals surface area contributed by atoms with Crippen molar-refractivity contribution in [3.05, 3.63) is 61.3 Å². The molecule has 15 heavy (non-hydrogen) atoms. The van der Waals surface area contributed by atoms with Crippen LogP contribution in [0.5, 0.6) is 0 Å². The number of rotatable bonds is 4. The van der Waals surface area contributed by atoms with E-state index in [0.29, 0.717) is 0 Å². The lowest BCUT2D eigenvalue weighted by molar-refractivity contribution is 1.44. The molecule has 0 fully saturated rings. The van der Waals surface area contributed by atoms with Crippen LogP contribution < -0.4 is 0 Å². The minimum atomic E-state index is 0.991. The third-order valence-corrected chi connectivity index (χ3v) is 1.31. The van der Waals surface area contributed by atoms with Crippen molar-refractivity contribution in [1.82, 2.24) is 0 Å². The van der Waals surface area contributed by atoms with Gasteiger partial charge < -0.3 is 0 Å². The molecule has 0 nitrogen and oxygen atoms in total. The molecule has 0 spiro atoms. The van der Waals surface area contributed by atoms with Gasteiger partial charge in [0.05, 0.1) is 0 Å². The van der Waals surface area contributed by atoms with E-state index in [1.807, 2.05) is 52.8 Å². The van der Waals surface area contributed by atoms with Crippen molar-refractivity contribution < 1.29 is 0 Å². The van der Waals surface area contributed by atoms with Crippen LogP contribution in [0.2, 0.25) is 0 Å². The van der Waals surface area contributed by atoms with E-state index < -0.39 is 0 Å². The quantitative estimate of drug-likeness (QED) is 0.535. The smallest absolute Gasteiger partial charge is 0.0299 e. The summed E-state index contributed by atoms with van der Waals surface area (Å²) in [7, 11) is 0. The Labute approximate surface area is 96.4 Å². The van der Waals surface area contributed by atoms with E-state index in [4.69, 9.17) is 0 Å². The van der Waals surface area contributed by atoms with Crippen LogP contribution in [0.15, 0.2) is 61.3 Å². The van der Waals surface area contributed by atoms with Crippen LogP contribution in [-0.4, -0.2) is 0 Å². The first-order chi connectivity index (χ1) is 7.22. The molecule has 0 aromatic heterocycles. The maximum absolute atomic E-state index is 3.86. The normalized spacial score (nSPS) is 9.27. The zero-order valence-electron chi connectivity index (χ0n) is 11.0. The van der Waals surface area contributed by atoms with Gasteiger partial charge >= 0.3 is 0 Å². The molecule has 0 aliphatic rings. The van der Waals surface area contributed by atoms with Gasteiger partial charge in [-0.2, -0.15) is 0 Å². The summed E-state index contributed by atoms with van der Waals surface area (Å²) in [6.45, 7) is 21.0. The number of allylic oxidation sites excluding steroid dienone is 7. The van der Waals surface area contributed by atoms with Gasteiger partial charge in [-0.05, 0) is 18.1 Å². The van der Waals surface area contributed by atoms with Gasteiger partial charge in [-0.15, -0.1) is 0 Å². The van der Waals surface area contributed by atoms with Crippen molar-refractivity contribution in [3.63, 3.8) is 0 Å². The molecular formula is C15H26. The average molecular weight is 206 g/mol.